The van der Waals surface area contributed by atoms with Crippen molar-refractivity contribution in [1.82, 2.24) is 4.98 Å². The fraction of sp³-hybridized carbons (Fsp3) is 0. The normalized spacial score (nSPS) is 10.2. The maximum Gasteiger partial charge on any atom is 0.274 e. The van der Waals surface area contributed by atoms with Gasteiger partial charge in [0.25, 0.3) is 5.69 Å². The number of nitro groups is 1. The number of halogens is 1. The van der Waals surface area contributed by atoms with E-state index in [2.05, 4.69) is 4.98 Å². The van der Waals surface area contributed by atoms with Crippen molar-refractivity contribution in [3.05, 3.63) is 44.9 Å². The largest absolute Gasteiger partial charge is 0.274 e. The van der Waals surface area contributed by atoms with E-state index in [0.29, 0.717) is 5.69 Å². The van der Waals surface area contributed by atoms with E-state index in [1.54, 1.807) is 0 Å². The van der Waals surface area contributed by atoms with Gasteiger partial charge in [-0.05, 0) is 11.4 Å². The molecule has 2 aromatic rings. The second-order valence-corrected chi connectivity index (χ2v) is 4.10. The Morgan fingerprint density at radius 2 is 2.27 bits per heavy atom. The first-order valence-corrected chi connectivity index (χ1v) is 5.28. The fourth-order valence-corrected chi connectivity index (χ4v) is 2.03. The molecule has 0 N–H and O–H groups in total. The third kappa shape index (κ3) is 2.14. The number of pyridine rings is 1. The molecule has 0 aliphatic heterocycles. The lowest BCUT2D eigenvalue weighted by molar-refractivity contribution is -0.384. The number of rotatable bonds is 2. The molecule has 0 amide bonds. The van der Waals surface area contributed by atoms with Crippen LogP contribution in [0.15, 0.2) is 29.6 Å². The van der Waals surface area contributed by atoms with E-state index in [-0.39, 0.29) is 10.8 Å². The van der Waals surface area contributed by atoms with Gasteiger partial charge in [-0.3, -0.25) is 10.1 Å². The predicted molar refractivity (Wildman–Crippen MR) is 59.2 cm³/mol. The summed E-state index contributed by atoms with van der Waals surface area (Å²) in [7, 11) is 0. The number of nitrogens with zero attached hydrogens (tertiary/aromatic N) is 2. The molecule has 6 heteroatoms. The highest BCUT2D eigenvalue weighted by Gasteiger charge is 2.11. The van der Waals surface area contributed by atoms with Crippen molar-refractivity contribution in [1.29, 1.82) is 0 Å². The Morgan fingerprint density at radius 3 is 2.87 bits per heavy atom. The minimum Gasteiger partial charge on any atom is -0.258 e. The molecule has 0 saturated heterocycles. The fourth-order valence-electron chi connectivity index (χ4n) is 1.14. The molecule has 0 aliphatic carbocycles. The highest BCUT2D eigenvalue weighted by atomic mass is 35.5. The first-order chi connectivity index (χ1) is 7.16. The molecule has 0 spiro atoms. The average Bonchev–Trinajstić information content (AvgIpc) is 2.69. The predicted octanol–water partition coefficient (Wildman–Crippen LogP) is 3.37. The van der Waals surface area contributed by atoms with Crippen molar-refractivity contribution in [2.45, 2.75) is 0 Å². The molecular weight excluding hydrogens is 236 g/mol. The van der Waals surface area contributed by atoms with Crippen LogP contribution in [0.3, 0.4) is 0 Å². The molecule has 0 bridgehead atoms. The van der Waals surface area contributed by atoms with Crippen molar-refractivity contribution in [2.75, 3.05) is 0 Å². The van der Waals surface area contributed by atoms with Crippen LogP contribution in [0.2, 0.25) is 5.15 Å². The summed E-state index contributed by atoms with van der Waals surface area (Å²) in [5.74, 6) is 0. The summed E-state index contributed by atoms with van der Waals surface area (Å²) in [6.45, 7) is 0. The monoisotopic (exact) mass is 240 g/mol. The first-order valence-electron chi connectivity index (χ1n) is 4.02. The standard InChI is InChI=1S/C9H5ClN2O2S/c10-9-5-6(12(13)14)4-7(11-9)8-2-1-3-15-8/h1-5H. The molecule has 4 nitrogen and oxygen atoms in total. The van der Waals surface area contributed by atoms with E-state index in [1.807, 2.05) is 17.5 Å². The average molecular weight is 241 g/mol. The number of aromatic nitrogens is 1. The molecule has 2 rings (SSSR count). The molecular formula is C9H5ClN2O2S. The summed E-state index contributed by atoms with van der Waals surface area (Å²) in [6, 6.07) is 6.35. The van der Waals surface area contributed by atoms with Gasteiger partial charge in [0.15, 0.2) is 0 Å². The van der Waals surface area contributed by atoms with Gasteiger partial charge >= 0.3 is 0 Å². The molecule has 0 fully saturated rings. The summed E-state index contributed by atoms with van der Waals surface area (Å²) in [6.07, 6.45) is 0. The molecule has 15 heavy (non-hydrogen) atoms. The van der Waals surface area contributed by atoms with Crippen LogP contribution in [0, 0.1) is 10.1 Å². The lowest BCUT2D eigenvalue weighted by Crippen LogP contribution is -1.90. The lowest BCUT2D eigenvalue weighted by atomic mass is 10.3. The molecule has 0 aliphatic rings. The van der Waals surface area contributed by atoms with Crippen molar-refractivity contribution in [3.8, 4) is 10.6 Å². The molecule has 0 atom stereocenters. The van der Waals surface area contributed by atoms with Crippen LogP contribution in [-0.4, -0.2) is 9.91 Å². The molecule has 0 saturated carbocycles. The zero-order valence-electron chi connectivity index (χ0n) is 7.38. The van der Waals surface area contributed by atoms with Crippen molar-refractivity contribution in [3.63, 3.8) is 0 Å². The SMILES string of the molecule is O=[N+]([O-])c1cc(Cl)nc(-c2cccs2)c1. The summed E-state index contributed by atoms with van der Waals surface area (Å²) in [4.78, 5) is 15.0. The second-order valence-electron chi connectivity index (χ2n) is 2.77. The summed E-state index contributed by atoms with van der Waals surface area (Å²) >= 11 is 7.16. The van der Waals surface area contributed by atoms with Crippen LogP contribution in [0.5, 0.6) is 0 Å². The Balaban J connectivity index is 2.54. The van der Waals surface area contributed by atoms with Gasteiger partial charge < -0.3 is 0 Å². The maximum absolute atomic E-state index is 10.6. The molecule has 0 unspecified atom stereocenters. The Morgan fingerprint density at radius 1 is 1.47 bits per heavy atom. The van der Waals surface area contributed by atoms with Gasteiger partial charge in [0.05, 0.1) is 21.6 Å². The lowest BCUT2D eigenvalue weighted by Gasteiger charge is -1.98. The van der Waals surface area contributed by atoms with Crippen LogP contribution in [-0.2, 0) is 0 Å². The minimum absolute atomic E-state index is 0.0431. The first kappa shape index (κ1) is 10.1. The van der Waals surface area contributed by atoms with Crippen LogP contribution in [0.25, 0.3) is 10.6 Å². The Labute approximate surface area is 94.3 Å². The highest BCUT2D eigenvalue weighted by Crippen LogP contribution is 2.27. The molecule has 76 valence electrons. The van der Waals surface area contributed by atoms with Crippen LogP contribution >= 0.6 is 22.9 Å². The van der Waals surface area contributed by atoms with Crippen molar-refractivity contribution in [2.24, 2.45) is 0 Å². The number of hydrogen-bond acceptors (Lipinski definition) is 4. The van der Waals surface area contributed by atoms with Gasteiger partial charge in [-0.25, -0.2) is 4.98 Å². The van der Waals surface area contributed by atoms with Crippen LogP contribution < -0.4 is 0 Å². The molecule has 0 radical (unpaired) electrons. The van der Waals surface area contributed by atoms with E-state index in [4.69, 9.17) is 11.6 Å². The van der Waals surface area contributed by atoms with E-state index < -0.39 is 4.92 Å². The van der Waals surface area contributed by atoms with Gasteiger partial charge in [-0.2, -0.15) is 0 Å². The van der Waals surface area contributed by atoms with Crippen LogP contribution in [0.1, 0.15) is 0 Å². The summed E-state index contributed by atoms with van der Waals surface area (Å²) in [5, 5.41) is 12.6. The molecule has 2 aromatic heterocycles. The summed E-state index contributed by atoms with van der Waals surface area (Å²) < 4.78 is 0. The van der Waals surface area contributed by atoms with Gasteiger partial charge in [-0.15, -0.1) is 11.3 Å². The van der Waals surface area contributed by atoms with Crippen molar-refractivity contribution < 1.29 is 4.92 Å². The number of thiophene rings is 1. The topological polar surface area (TPSA) is 56.0 Å². The zero-order valence-corrected chi connectivity index (χ0v) is 8.96. The van der Waals surface area contributed by atoms with Gasteiger partial charge in [0.1, 0.15) is 5.15 Å². The maximum atomic E-state index is 10.6. The van der Waals surface area contributed by atoms with E-state index in [0.717, 1.165) is 4.88 Å². The second kappa shape index (κ2) is 3.96. The van der Waals surface area contributed by atoms with Gasteiger partial charge in [-0.1, -0.05) is 17.7 Å². The Hall–Kier alpha value is -1.46. The van der Waals surface area contributed by atoms with Crippen LogP contribution in [0.4, 0.5) is 5.69 Å². The van der Waals surface area contributed by atoms with E-state index in [1.165, 1.54) is 23.5 Å². The Bertz CT molecular complexity index is 499. The van der Waals surface area contributed by atoms with Crippen molar-refractivity contribution >= 4 is 28.6 Å². The highest BCUT2D eigenvalue weighted by molar-refractivity contribution is 7.13. The summed E-state index contributed by atoms with van der Waals surface area (Å²) in [5.41, 5.74) is 0.489. The molecule has 0 aromatic carbocycles. The quantitative estimate of drug-likeness (QED) is 0.459. The smallest absolute Gasteiger partial charge is 0.258 e. The molecule has 2 heterocycles. The van der Waals surface area contributed by atoms with Gasteiger partial charge in [0.2, 0.25) is 0 Å². The van der Waals surface area contributed by atoms with Gasteiger partial charge in [0, 0.05) is 6.07 Å². The number of hydrogen-bond donors (Lipinski definition) is 0. The Kier molecular flexibility index (Phi) is 2.66. The third-order valence-corrected chi connectivity index (χ3v) is 2.85. The zero-order chi connectivity index (χ0) is 10.8. The van der Waals surface area contributed by atoms with E-state index in [9.17, 15) is 10.1 Å². The minimum atomic E-state index is -0.481. The third-order valence-electron chi connectivity index (χ3n) is 1.76. The van der Waals surface area contributed by atoms with E-state index >= 15 is 0 Å².